The number of benzene rings is 1. The quantitative estimate of drug-likeness (QED) is 0.587. The van der Waals surface area contributed by atoms with E-state index in [2.05, 4.69) is 34.3 Å². The summed E-state index contributed by atoms with van der Waals surface area (Å²) in [7, 11) is 0. The van der Waals surface area contributed by atoms with Crippen LogP contribution in [-0.4, -0.2) is 36.3 Å². The van der Waals surface area contributed by atoms with Crippen LogP contribution in [0.5, 0.6) is 5.75 Å². The molecule has 1 N–H and O–H groups in total. The van der Waals surface area contributed by atoms with Gasteiger partial charge in [0.25, 0.3) is 0 Å². The molecule has 6 nitrogen and oxygen atoms in total. The van der Waals surface area contributed by atoms with Gasteiger partial charge in [-0.1, -0.05) is 12.1 Å². The monoisotopic (exact) mass is 355 g/mol. The Hall–Kier alpha value is -2.60. The molecule has 0 bridgehead atoms. The first-order valence-electron chi connectivity index (χ1n) is 8.92. The topological polar surface area (TPSA) is 69.4 Å². The summed E-state index contributed by atoms with van der Waals surface area (Å²) in [5.41, 5.74) is 2.99. The van der Waals surface area contributed by atoms with E-state index in [0.29, 0.717) is 18.9 Å². The van der Waals surface area contributed by atoms with Crippen LogP contribution >= 0.6 is 0 Å². The molecular weight excluding hydrogens is 330 g/mol. The smallest absolute Gasteiger partial charge is 0.231 e. The summed E-state index contributed by atoms with van der Waals surface area (Å²) in [5, 5.41) is 4.17. The predicted molar refractivity (Wildman–Crippen MR) is 102 cm³/mol. The van der Waals surface area contributed by atoms with Gasteiger partial charge in [0.1, 0.15) is 30.3 Å². The maximum Gasteiger partial charge on any atom is 0.231 e. The van der Waals surface area contributed by atoms with Crippen LogP contribution in [-0.2, 0) is 11.2 Å². The first-order valence-corrected chi connectivity index (χ1v) is 8.92. The number of nitrogens with one attached hydrogen (secondary N) is 1. The number of ether oxygens (including phenoxy) is 2. The Balaban J connectivity index is 1.51. The zero-order valence-electron chi connectivity index (χ0n) is 15.5. The standard InChI is InChI=1S/C20H25N3O3/c1-4-24-9-7-16-5-6-18(14(2)11-16)25-10-8-21-19-17-12-15(3)26-20(17)23-13-22-19/h5-6,11-13H,4,7-10H2,1-3H3,(H,21,22,23). The van der Waals surface area contributed by atoms with Crippen LogP contribution in [0.15, 0.2) is 35.0 Å². The second kappa shape index (κ2) is 8.67. The Morgan fingerprint density at radius 1 is 1.12 bits per heavy atom. The third-order valence-electron chi connectivity index (χ3n) is 4.08. The van der Waals surface area contributed by atoms with Crippen molar-refractivity contribution < 1.29 is 13.9 Å². The van der Waals surface area contributed by atoms with Gasteiger partial charge in [0.05, 0.1) is 18.5 Å². The molecule has 0 amide bonds. The number of hydrogen-bond donors (Lipinski definition) is 1. The summed E-state index contributed by atoms with van der Waals surface area (Å²) < 4.78 is 16.8. The van der Waals surface area contributed by atoms with Gasteiger partial charge < -0.3 is 19.2 Å². The molecule has 138 valence electrons. The molecule has 0 fully saturated rings. The van der Waals surface area contributed by atoms with E-state index in [1.807, 2.05) is 26.0 Å². The fraction of sp³-hybridized carbons (Fsp3) is 0.400. The molecule has 0 radical (unpaired) electrons. The Morgan fingerprint density at radius 3 is 2.81 bits per heavy atom. The van der Waals surface area contributed by atoms with E-state index < -0.39 is 0 Å². The lowest BCUT2D eigenvalue weighted by molar-refractivity contribution is 0.151. The van der Waals surface area contributed by atoms with Crippen molar-refractivity contribution in [2.75, 3.05) is 31.7 Å². The maximum atomic E-state index is 5.90. The van der Waals surface area contributed by atoms with Crippen molar-refractivity contribution in [1.29, 1.82) is 0 Å². The number of furan rings is 1. The summed E-state index contributed by atoms with van der Waals surface area (Å²) >= 11 is 0. The molecule has 1 aromatic carbocycles. The summed E-state index contributed by atoms with van der Waals surface area (Å²) in [6, 6.07) is 8.21. The SMILES string of the molecule is CCOCCc1ccc(OCCNc2ncnc3oc(C)cc23)c(C)c1. The van der Waals surface area contributed by atoms with Crippen molar-refractivity contribution in [3.63, 3.8) is 0 Å². The molecule has 3 rings (SSSR count). The summed E-state index contributed by atoms with van der Waals surface area (Å²) in [6.07, 6.45) is 2.42. The number of aryl methyl sites for hydroxylation is 2. The van der Waals surface area contributed by atoms with Gasteiger partial charge in [-0.05, 0) is 50.5 Å². The van der Waals surface area contributed by atoms with Crippen LogP contribution in [0.1, 0.15) is 23.8 Å². The highest BCUT2D eigenvalue weighted by Gasteiger charge is 2.08. The Kier molecular flexibility index (Phi) is 6.07. The van der Waals surface area contributed by atoms with Gasteiger partial charge in [0.2, 0.25) is 5.71 Å². The summed E-state index contributed by atoms with van der Waals surface area (Å²) in [5.74, 6) is 2.48. The van der Waals surface area contributed by atoms with Crippen LogP contribution < -0.4 is 10.1 Å². The molecule has 0 saturated heterocycles. The highest BCUT2D eigenvalue weighted by atomic mass is 16.5. The van der Waals surface area contributed by atoms with Crippen molar-refractivity contribution in [2.45, 2.75) is 27.2 Å². The van der Waals surface area contributed by atoms with Crippen LogP contribution in [0.3, 0.4) is 0 Å². The first kappa shape index (κ1) is 18.2. The number of anilines is 1. The Morgan fingerprint density at radius 2 is 2.00 bits per heavy atom. The second-order valence-electron chi connectivity index (χ2n) is 6.12. The van der Waals surface area contributed by atoms with Crippen LogP contribution in [0, 0.1) is 13.8 Å². The van der Waals surface area contributed by atoms with Gasteiger partial charge in [-0.15, -0.1) is 0 Å². The van der Waals surface area contributed by atoms with Crippen molar-refractivity contribution in [2.24, 2.45) is 0 Å². The van der Waals surface area contributed by atoms with Gasteiger partial charge in [-0.2, -0.15) is 0 Å². The van der Waals surface area contributed by atoms with E-state index in [1.165, 1.54) is 11.9 Å². The van der Waals surface area contributed by atoms with Gasteiger partial charge in [-0.25, -0.2) is 9.97 Å². The van der Waals surface area contributed by atoms with E-state index in [-0.39, 0.29) is 0 Å². The zero-order valence-corrected chi connectivity index (χ0v) is 15.5. The first-order chi connectivity index (χ1) is 12.7. The molecule has 6 heteroatoms. The van der Waals surface area contributed by atoms with Crippen molar-refractivity contribution >= 4 is 16.9 Å². The molecule has 2 aromatic heterocycles. The number of fused-ring (bicyclic) bond motifs is 1. The molecule has 3 aromatic rings. The van der Waals surface area contributed by atoms with Crippen molar-refractivity contribution in [3.8, 4) is 5.75 Å². The van der Waals surface area contributed by atoms with E-state index in [0.717, 1.165) is 47.9 Å². The highest BCUT2D eigenvalue weighted by Crippen LogP contribution is 2.23. The Bertz CT molecular complexity index is 861. The highest BCUT2D eigenvalue weighted by molar-refractivity contribution is 5.85. The third kappa shape index (κ3) is 4.52. The average molecular weight is 355 g/mol. The largest absolute Gasteiger partial charge is 0.491 e. The van der Waals surface area contributed by atoms with Crippen molar-refractivity contribution in [3.05, 3.63) is 47.5 Å². The van der Waals surface area contributed by atoms with Crippen LogP contribution in [0.4, 0.5) is 5.82 Å². The molecule has 0 atom stereocenters. The number of hydrogen-bond acceptors (Lipinski definition) is 6. The lowest BCUT2D eigenvalue weighted by atomic mass is 10.1. The lowest BCUT2D eigenvalue weighted by Gasteiger charge is -2.12. The fourth-order valence-corrected chi connectivity index (χ4v) is 2.81. The fourth-order valence-electron chi connectivity index (χ4n) is 2.81. The Labute approximate surface area is 153 Å². The number of rotatable bonds is 9. The zero-order chi connectivity index (χ0) is 18.4. The molecule has 26 heavy (non-hydrogen) atoms. The molecule has 0 aliphatic carbocycles. The van der Waals surface area contributed by atoms with E-state index in [4.69, 9.17) is 13.9 Å². The molecule has 0 aliphatic heterocycles. The third-order valence-corrected chi connectivity index (χ3v) is 4.08. The van der Waals surface area contributed by atoms with Crippen molar-refractivity contribution in [1.82, 2.24) is 9.97 Å². The molecular formula is C20H25N3O3. The van der Waals surface area contributed by atoms with E-state index in [9.17, 15) is 0 Å². The number of aromatic nitrogens is 2. The normalized spacial score (nSPS) is 11.0. The van der Waals surface area contributed by atoms with Gasteiger partial charge >= 0.3 is 0 Å². The van der Waals surface area contributed by atoms with E-state index in [1.54, 1.807) is 0 Å². The maximum absolute atomic E-state index is 5.90. The van der Waals surface area contributed by atoms with Crippen LogP contribution in [0.25, 0.3) is 11.1 Å². The lowest BCUT2D eigenvalue weighted by Crippen LogP contribution is -2.13. The minimum absolute atomic E-state index is 0.543. The molecule has 0 saturated carbocycles. The molecule has 2 heterocycles. The predicted octanol–water partition coefficient (Wildman–Crippen LogP) is 3.91. The number of nitrogens with zero attached hydrogens (tertiary/aromatic N) is 2. The summed E-state index contributed by atoms with van der Waals surface area (Å²) in [6.45, 7) is 8.66. The van der Waals surface area contributed by atoms with Crippen LogP contribution in [0.2, 0.25) is 0 Å². The van der Waals surface area contributed by atoms with Gasteiger partial charge in [0, 0.05) is 6.61 Å². The van der Waals surface area contributed by atoms with Gasteiger partial charge in [-0.3, -0.25) is 0 Å². The molecule has 0 aliphatic rings. The van der Waals surface area contributed by atoms with Gasteiger partial charge in [0.15, 0.2) is 0 Å². The minimum Gasteiger partial charge on any atom is -0.491 e. The van der Waals surface area contributed by atoms with E-state index >= 15 is 0 Å². The molecule has 0 spiro atoms. The minimum atomic E-state index is 0.543. The molecule has 0 unspecified atom stereocenters. The summed E-state index contributed by atoms with van der Waals surface area (Å²) in [4.78, 5) is 8.41. The second-order valence-corrected chi connectivity index (χ2v) is 6.12. The average Bonchev–Trinajstić information content (AvgIpc) is 3.01.